The molecule has 33 heavy (non-hydrogen) atoms. The van der Waals surface area contributed by atoms with Crippen molar-refractivity contribution in [1.29, 1.82) is 0 Å². The molecule has 2 bridgehead atoms. The number of benzene rings is 1. The van der Waals surface area contributed by atoms with Gasteiger partial charge in [-0.3, -0.25) is 24.1 Å². The number of imide groups is 1. The first-order valence-electron chi connectivity index (χ1n) is 11.1. The number of thioether (sulfide) groups is 1. The summed E-state index contributed by atoms with van der Waals surface area (Å²) in [5.41, 5.74) is 0.999. The molecule has 3 fully saturated rings. The van der Waals surface area contributed by atoms with Crippen LogP contribution in [0.15, 0.2) is 34.1 Å². The second kappa shape index (κ2) is 7.46. The molecular weight excluding hydrogens is 464 g/mol. The average molecular weight is 487 g/mol. The van der Waals surface area contributed by atoms with Crippen molar-refractivity contribution in [3.8, 4) is 5.75 Å². The number of amides is 2. The lowest BCUT2D eigenvalue weighted by Crippen LogP contribution is -2.42. The zero-order chi connectivity index (χ0) is 23.0. The zero-order valence-corrected chi connectivity index (χ0v) is 19.1. The molecule has 8 nitrogen and oxygen atoms in total. The van der Waals surface area contributed by atoms with Gasteiger partial charge in [0.15, 0.2) is 0 Å². The number of nitrogens with zero attached hydrogens (tertiary/aromatic N) is 1. The van der Waals surface area contributed by atoms with Crippen molar-refractivity contribution in [2.75, 3.05) is 6.54 Å². The van der Waals surface area contributed by atoms with Crippen molar-refractivity contribution in [1.82, 2.24) is 9.88 Å². The van der Waals surface area contributed by atoms with Crippen LogP contribution in [0.4, 0.5) is 0 Å². The van der Waals surface area contributed by atoms with E-state index in [1.165, 1.54) is 16.2 Å². The van der Waals surface area contributed by atoms with Gasteiger partial charge >= 0.3 is 10.8 Å². The van der Waals surface area contributed by atoms with Crippen molar-refractivity contribution in [3.63, 3.8) is 0 Å². The van der Waals surface area contributed by atoms with Crippen LogP contribution >= 0.6 is 23.1 Å². The first-order valence-corrected chi connectivity index (χ1v) is 12.8. The normalized spacial score (nSPS) is 33.8. The Morgan fingerprint density at radius 1 is 1.09 bits per heavy atom. The largest absolute Gasteiger partial charge is 0.508 e. The SMILES string of the molecule is O=C(O)CCCN1C(=O)[C@@H]2[C@H]3C[C@@H]([C@@H]2C1=O)[C@@H]1[C@@H](c2ccc(O)cc2)c2sc(=O)[nH]c2S[C@@H]31. The molecule has 10 heteroatoms. The summed E-state index contributed by atoms with van der Waals surface area (Å²) < 4.78 is 0. The number of thiazole rings is 1. The lowest BCUT2D eigenvalue weighted by Gasteiger charge is -2.43. The molecule has 2 saturated carbocycles. The molecule has 0 unspecified atom stereocenters. The Balaban J connectivity index is 1.37. The predicted octanol–water partition coefficient (Wildman–Crippen LogP) is 2.48. The third-order valence-corrected chi connectivity index (χ3v) is 10.4. The van der Waals surface area contributed by atoms with E-state index in [9.17, 15) is 24.3 Å². The molecule has 0 radical (unpaired) electrons. The van der Waals surface area contributed by atoms with Crippen molar-refractivity contribution in [2.45, 2.75) is 35.5 Å². The first-order chi connectivity index (χ1) is 15.8. The van der Waals surface area contributed by atoms with Gasteiger partial charge < -0.3 is 15.2 Å². The summed E-state index contributed by atoms with van der Waals surface area (Å²) in [5.74, 6) is -1.69. The molecule has 1 aromatic heterocycles. The van der Waals surface area contributed by atoms with Crippen LogP contribution in [-0.4, -0.2) is 49.7 Å². The van der Waals surface area contributed by atoms with E-state index in [0.29, 0.717) is 0 Å². The smallest absolute Gasteiger partial charge is 0.305 e. The van der Waals surface area contributed by atoms with E-state index in [1.807, 2.05) is 12.1 Å². The fraction of sp³-hybridized carbons (Fsp3) is 0.478. The number of nitrogens with one attached hydrogen (secondary N) is 1. The van der Waals surface area contributed by atoms with Crippen molar-refractivity contribution in [3.05, 3.63) is 44.4 Å². The fourth-order valence-electron chi connectivity index (χ4n) is 6.74. The maximum Gasteiger partial charge on any atom is 0.305 e. The molecule has 2 aliphatic carbocycles. The molecule has 0 spiro atoms. The van der Waals surface area contributed by atoms with E-state index >= 15 is 0 Å². The standard InChI is InChI=1S/C23H22N2O6S2/c26-10-5-3-9(4-6-10)14-15-11-8-12(18(15)32-20-19(14)33-23(31)24-20)17-16(11)21(29)25(22(17)30)7-1-2-13(27)28/h3-6,11-12,14-18,26H,1-2,7-8H2,(H,24,31)(H,27,28)/t11-,12-,14-,15-,16+,17-,18+/m1/s1. The van der Waals surface area contributed by atoms with Gasteiger partial charge in [-0.1, -0.05) is 23.5 Å². The summed E-state index contributed by atoms with van der Waals surface area (Å²) in [4.78, 5) is 54.8. The number of rotatable bonds is 5. The Labute approximate surface area is 197 Å². The summed E-state index contributed by atoms with van der Waals surface area (Å²) in [5, 5.41) is 19.7. The van der Waals surface area contributed by atoms with E-state index in [1.54, 1.807) is 23.9 Å². The number of aliphatic carboxylic acids is 1. The van der Waals surface area contributed by atoms with Crippen molar-refractivity contribution < 1.29 is 24.6 Å². The van der Waals surface area contributed by atoms with E-state index in [0.717, 1.165) is 21.9 Å². The van der Waals surface area contributed by atoms with E-state index < -0.39 is 5.97 Å². The first kappa shape index (κ1) is 21.0. The van der Waals surface area contributed by atoms with E-state index in [2.05, 4.69) is 4.98 Å². The summed E-state index contributed by atoms with van der Waals surface area (Å²) in [6, 6.07) is 7.05. The Bertz CT molecular complexity index is 1220. The second-order valence-corrected chi connectivity index (χ2v) is 11.6. The molecule has 6 rings (SSSR count). The summed E-state index contributed by atoms with van der Waals surface area (Å²) in [7, 11) is 0. The predicted molar refractivity (Wildman–Crippen MR) is 120 cm³/mol. The summed E-state index contributed by atoms with van der Waals surface area (Å²) in [6.07, 6.45) is 1.00. The van der Waals surface area contributed by atoms with Gasteiger partial charge in [-0.25, -0.2) is 0 Å². The molecule has 1 aromatic carbocycles. The molecule has 3 N–H and O–H groups in total. The van der Waals surface area contributed by atoms with Crippen LogP contribution in [0.2, 0.25) is 0 Å². The number of H-pyrrole nitrogens is 1. The Morgan fingerprint density at radius 3 is 2.48 bits per heavy atom. The number of likely N-dealkylation sites (tertiary alicyclic amines) is 1. The fourth-order valence-corrected chi connectivity index (χ4v) is 9.63. The van der Waals surface area contributed by atoms with Gasteiger partial charge in [0.05, 0.1) is 16.9 Å². The molecule has 2 aliphatic heterocycles. The monoisotopic (exact) mass is 486 g/mol. The van der Waals surface area contributed by atoms with Gasteiger partial charge in [0.25, 0.3) is 0 Å². The lowest BCUT2D eigenvalue weighted by molar-refractivity contribution is -0.142. The highest BCUT2D eigenvalue weighted by Crippen LogP contribution is 2.68. The number of carbonyl (C=O) groups excluding carboxylic acids is 2. The molecule has 7 atom stereocenters. The quantitative estimate of drug-likeness (QED) is 0.554. The number of phenols is 1. The van der Waals surface area contributed by atoms with Gasteiger partial charge in [-0.2, -0.15) is 0 Å². The Kier molecular flexibility index (Phi) is 4.74. The lowest BCUT2D eigenvalue weighted by atomic mass is 9.68. The molecule has 2 amide bonds. The van der Waals surface area contributed by atoms with Gasteiger partial charge in [0, 0.05) is 29.0 Å². The number of carbonyl (C=O) groups is 3. The maximum atomic E-state index is 13.3. The number of phenolic OH excluding ortho intramolecular Hbond substituents is 1. The van der Waals surface area contributed by atoms with Crippen LogP contribution in [0.5, 0.6) is 5.75 Å². The van der Waals surface area contributed by atoms with E-state index in [4.69, 9.17) is 5.11 Å². The number of fused-ring (bicyclic) bond motifs is 9. The number of aromatic hydroxyl groups is 1. The number of carboxylic acid groups (broad SMARTS) is 1. The number of hydrogen-bond acceptors (Lipinski definition) is 7. The number of aromatic nitrogens is 1. The van der Waals surface area contributed by atoms with Crippen LogP contribution in [0, 0.1) is 29.6 Å². The Hall–Kier alpha value is -2.59. The maximum absolute atomic E-state index is 13.3. The molecule has 4 aliphatic rings. The van der Waals surface area contributed by atoms with Crippen molar-refractivity contribution in [2.24, 2.45) is 29.6 Å². The minimum absolute atomic E-state index is 0.0302. The molecule has 172 valence electrons. The molecule has 1 saturated heterocycles. The van der Waals surface area contributed by atoms with E-state index in [-0.39, 0.29) is 82.6 Å². The van der Waals surface area contributed by atoms with Crippen LogP contribution < -0.4 is 4.87 Å². The second-order valence-electron chi connectivity index (χ2n) is 9.38. The van der Waals surface area contributed by atoms with Gasteiger partial charge in [-0.15, -0.1) is 11.8 Å². The summed E-state index contributed by atoms with van der Waals surface area (Å²) in [6.45, 7) is 0.154. The van der Waals surface area contributed by atoms with Crippen LogP contribution in [0.25, 0.3) is 0 Å². The Morgan fingerprint density at radius 2 is 1.79 bits per heavy atom. The van der Waals surface area contributed by atoms with Gasteiger partial charge in [0.1, 0.15) is 5.75 Å². The number of carboxylic acids is 1. The van der Waals surface area contributed by atoms with Crippen LogP contribution in [0.1, 0.15) is 35.6 Å². The molecule has 3 heterocycles. The molecular formula is C23H22N2O6S2. The van der Waals surface area contributed by atoms with Gasteiger partial charge in [0.2, 0.25) is 11.8 Å². The zero-order valence-electron chi connectivity index (χ0n) is 17.5. The highest BCUT2D eigenvalue weighted by Gasteiger charge is 2.69. The molecule has 2 aromatic rings. The minimum Gasteiger partial charge on any atom is -0.508 e. The van der Waals surface area contributed by atoms with Crippen molar-refractivity contribution >= 4 is 40.9 Å². The average Bonchev–Trinajstić information content (AvgIpc) is 3.49. The highest BCUT2D eigenvalue weighted by atomic mass is 32.2. The third kappa shape index (κ3) is 3.03. The summed E-state index contributed by atoms with van der Waals surface area (Å²) >= 11 is 2.84. The highest BCUT2D eigenvalue weighted by molar-refractivity contribution is 8.00. The van der Waals surface area contributed by atoms with Gasteiger partial charge in [-0.05, 0) is 48.3 Å². The number of aromatic amines is 1. The third-order valence-electron chi connectivity index (χ3n) is 7.84. The minimum atomic E-state index is -0.936. The van der Waals surface area contributed by atoms with Crippen LogP contribution in [0.3, 0.4) is 0 Å². The topological polar surface area (TPSA) is 128 Å². The van der Waals surface area contributed by atoms with Crippen LogP contribution in [-0.2, 0) is 14.4 Å². The number of hydrogen-bond donors (Lipinski definition) is 3.